The standard InChI is InChI=1S/C18H16ClN3O3/c19-14-8-6-13(7-9-14)17-10-16(25-21-17)11-24-22-18(20)12-23-15-4-2-1-3-5-15/h1-10H,11-12H2,(H2,20,22). The van der Waals surface area contributed by atoms with Gasteiger partial charge in [0.25, 0.3) is 0 Å². The summed E-state index contributed by atoms with van der Waals surface area (Å²) in [5.74, 6) is 1.47. The van der Waals surface area contributed by atoms with Crippen LogP contribution >= 0.6 is 11.6 Å². The first-order valence-corrected chi connectivity index (χ1v) is 7.92. The van der Waals surface area contributed by atoms with Crippen LogP contribution < -0.4 is 10.5 Å². The van der Waals surface area contributed by atoms with E-state index in [1.807, 2.05) is 42.5 Å². The van der Waals surface area contributed by atoms with Gasteiger partial charge in [-0.3, -0.25) is 0 Å². The molecular formula is C18H16ClN3O3. The fraction of sp³-hybridized carbons (Fsp3) is 0.111. The lowest BCUT2D eigenvalue weighted by Crippen LogP contribution is -2.21. The smallest absolute Gasteiger partial charge is 0.177 e. The SMILES string of the molecule is NC(COc1ccccc1)=NOCc1cc(-c2ccc(Cl)cc2)no1. The molecule has 0 bridgehead atoms. The van der Waals surface area contributed by atoms with Crippen molar-refractivity contribution in [3.63, 3.8) is 0 Å². The van der Waals surface area contributed by atoms with Crippen LogP contribution in [0.2, 0.25) is 5.02 Å². The van der Waals surface area contributed by atoms with Crippen molar-refractivity contribution >= 4 is 17.4 Å². The minimum absolute atomic E-state index is 0.118. The summed E-state index contributed by atoms with van der Waals surface area (Å²) in [6.45, 7) is 0.253. The van der Waals surface area contributed by atoms with Crippen molar-refractivity contribution in [1.82, 2.24) is 5.16 Å². The van der Waals surface area contributed by atoms with Crippen LogP contribution in [0.1, 0.15) is 5.76 Å². The maximum atomic E-state index is 5.87. The molecule has 1 aromatic heterocycles. The van der Waals surface area contributed by atoms with Gasteiger partial charge in [-0.15, -0.1) is 0 Å². The van der Waals surface area contributed by atoms with E-state index in [1.165, 1.54) is 0 Å². The summed E-state index contributed by atoms with van der Waals surface area (Å²) in [7, 11) is 0. The molecule has 0 spiro atoms. The third-order valence-electron chi connectivity index (χ3n) is 3.22. The highest BCUT2D eigenvalue weighted by molar-refractivity contribution is 6.30. The minimum atomic E-state index is 0.118. The second-order valence-corrected chi connectivity index (χ2v) is 5.58. The molecule has 0 aliphatic rings. The van der Waals surface area contributed by atoms with E-state index in [9.17, 15) is 0 Å². The molecule has 0 amide bonds. The van der Waals surface area contributed by atoms with E-state index in [0.29, 0.717) is 22.2 Å². The Kier molecular flexibility index (Phi) is 5.53. The summed E-state index contributed by atoms with van der Waals surface area (Å²) in [5, 5.41) is 8.44. The molecule has 0 aliphatic heterocycles. The van der Waals surface area contributed by atoms with Gasteiger partial charge >= 0.3 is 0 Å². The summed E-state index contributed by atoms with van der Waals surface area (Å²) >= 11 is 5.87. The quantitative estimate of drug-likeness (QED) is 0.394. The average Bonchev–Trinajstić information content (AvgIpc) is 3.10. The lowest BCUT2D eigenvalue weighted by molar-refractivity contribution is 0.107. The largest absolute Gasteiger partial charge is 0.486 e. The molecule has 2 aromatic carbocycles. The van der Waals surface area contributed by atoms with Gasteiger partial charge in [0.2, 0.25) is 0 Å². The Labute approximate surface area is 149 Å². The van der Waals surface area contributed by atoms with Gasteiger partial charge in [0.05, 0.1) is 0 Å². The van der Waals surface area contributed by atoms with Gasteiger partial charge in [-0.05, 0) is 24.3 Å². The van der Waals surface area contributed by atoms with Crippen LogP contribution in [-0.4, -0.2) is 17.6 Å². The first kappa shape index (κ1) is 16.9. The second-order valence-electron chi connectivity index (χ2n) is 5.14. The van der Waals surface area contributed by atoms with Crippen molar-refractivity contribution in [1.29, 1.82) is 0 Å². The molecule has 0 fully saturated rings. The highest BCUT2D eigenvalue weighted by atomic mass is 35.5. The predicted octanol–water partition coefficient (Wildman–Crippen LogP) is 3.86. The van der Waals surface area contributed by atoms with Crippen LogP contribution in [0, 0.1) is 0 Å². The van der Waals surface area contributed by atoms with Crippen LogP contribution in [0.3, 0.4) is 0 Å². The van der Waals surface area contributed by atoms with Crippen molar-refractivity contribution in [2.45, 2.75) is 6.61 Å². The first-order valence-electron chi connectivity index (χ1n) is 7.54. The maximum absolute atomic E-state index is 5.87. The molecule has 7 heteroatoms. The molecule has 0 radical (unpaired) electrons. The van der Waals surface area contributed by atoms with E-state index < -0.39 is 0 Å². The van der Waals surface area contributed by atoms with Crippen LogP contribution in [0.4, 0.5) is 0 Å². The number of rotatable bonds is 7. The minimum Gasteiger partial charge on any atom is -0.486 e. The number of nitrogens with zero attached hydrogens (tertiary/aromatic N) is 2. The number of hydrogen-bond donors (Lipinski definition) is 1. The Hall–Kier alpha value is -2.99. The molecule has 0 unspecified atom stereocenters. The van der Waals surface area contributed by atoms with E-state index in [0.717, 1.165) is 5.56 Å². The van der Waals surface area contributed by atoms with Gasteiger partial charge in [0.15, 0.2) is 18.2 Å². The molecule has 0 aliphatic carbocycles. The number of aromatic nitrogens is 1. The molecule has 0 saturated heterocycles. The molecule has 2 N–H and O–H groups in total. The third-order valence-corrected chi connectivity index (χ3v) is 3.47. The Morgan fingerprint density at radius 3 is 2.64 bits per heavy atom. The molecule has 128 valence electrons. The number of nitrogens with two attached hydrogens (primary N) is 1. The van der Waals surface area contributed by atoms with Crippen molar-refractivity contribution in [2.24, 2.45) is 10.9 Å². The number of halogens is 1. The number of benzene rings is 2. The first-order chi connectivity index (χ1) is 12.2. The van der Waals surface area contributed by atoms with Gasteiger partial charge < -0.3 is 19.8 Å². The predicted molar refractivity (Wildman–Crippen MR) is 95.3 cm³/mol. The molecule has 6 nitrogen and oxygen atoms in total. The molecule has 0 atom stereocenters. The van der Waals surface area contributed by atoms with E-state index in [4.69, 9.17) is 31.4 Å². The lowest BCUT2D eigenvalue weighted by Gasteiger charge is -2.04. The number of para-hydroxylation sites is 1. The monoisotopic (exact) mass is 357 g/mol. The Bertz CT molecular complexity index is 832. The molecular weight excluding hydrogens is 342 g/mol. The van der Waals surface area contributed by atoms with Crippen LogP contribution in [0.25, 0.3) is 11.3 Å². The maximum Gasteiger partial charge on any atom is 0.177 e. The average molecular weight is 358 g/mol. The lowest BCUT2D eigenvalue weighted by atomic mass is 10.1. The Morgan fingerprint density at radius 2 is 1.88 bits per heavy atom. The highest BCUT2D eigenvalue weighted by Crippen LogP contribution is 2.21. The number of oxime groups is 1. The second kappa shape index (κ2) is 8.21. The number of amidine groups is 1. The molecule has 1 heterocycles. The zero-order valence-corrected chi connectivity index (χ0v) is 14.0. The summed E-state index contributed by atoms with van der Waals surface area (Å²) in [4.78, 5) is 5.17. The molecule has 0 saturated carbocycles. The fourth-order valence-electron chi connectivity index (χ4n) is 2.02. The number of ether oxygens (including phenoxy) is 1. The third kappa shape index (κ3) is 4.99. The molecule has 25 heavy (non-hydrogen) atoms. The van der Waals surface area contributed by atoms with Crippen LogP contribution in [0.5, 0.6) is 5.75 Å². The van der Waals surface area contributed by atoms with Crippen LogP contribution in [-0.2, 0) is 11.4 Å². The highest BCUT2D eigenvalue weighted by Gasteiger charge is 2.07. The molecule has 3 rings (SSSR count). The van der Waals surface area contributed by atoms with Gasteiger partial charge in [0, 0.05) is 16.7 Å². The van der Waals surface area contributed by atoms with E-state index in [2.05, 4.69) is 10.3 Å². The topological polar surface area (TPSA) is 82.9 Å². The van der Waals surface area contributed by atoms with Gasteiger partial charge in [-0.1, -0.05) is 52.2 Å². The zero-order chi connectivity index (χ0) is 17.5. The number of hydrogen-bond acceptors (Lipinski definition) is 5. The summed E-state index contributed by atoms with van der Waals surface area (Å²) in [6, 6.07) is 18.4. The summed E-state index contributed by atoms with van der Waals surface area (Å²) in [5.41, 5.74) is 7.33. The van der Waals surface area contributed by atoms with Crippen molar-refractivity contribution in [3.05, 3.63) is 71.4 Å². The van der Waals surface area contributed by atoms with Crippen molar-refractivity contribution in [3.8, 4) is 17.0 Å². The fourth-order valence-corrected chi connectivity index (χ4v) is 2.14. The van der Waals surface area contributed by atoms with Crippen molar-refractivity contribution < 1.29 is 14.1 Å². The van der Waals surface area contributed by atoms with E-state index >= 15 is 0 Å². The zero-order valence-electron chi connectivity index (χ0n) is 13.3. The van der Waals surface area contributed by atoms with Crippen molar-refractivity contribution in [2.75, 3.05) is 6.61 Å². The Balaban J connectivity index is 1.49. The van der Waals surface area contributed by atoms with Gasteiger partial charge in [-0.2, -0.15) is 0 Å². The Morgan fingerprint density at radius 1 is 1.12 bits per heavy atom. The van der Waals surface area contributed by atoms with Gasteiger partial charge in [0.1, 0.15) is 18.1 Å². The van der Waals surface area contributed by atoms with E-state index in [1.54, 1.807) is 18.2 Å². The van der Waals surface area contributed by atoms with Gasteiger partial charge in [-0.25, -0.2) is 0 Å². The summed E-state index contributed by atoms with van der Waals surface area (Å²) in [6.07, 6.45) is 0. The van der Waals surface area contributed by atoms with Crippen LogP contribution in [0.15, 0.2) is 70.3 Å². The summed E-state index contributed by atoms with van der Waals surface area (Å²) < 4.78 is 10.7. The normalized spacial score (nSPS) is 11.3. The molecule has 3 aromatic rings. The van der Waals surface area contributed by atoms with E-state index in [-0.39, 0.29) is 19.0 Å².